The quantitative estimate of drug-likeness (QED) is 0.448. The van der Waals surface area contributed by atoms with Gasteiger partial charge in [-0.3, -0.25) is 9.59 Å². The number of aryl methyl sites for hydroxylation is 2. The maximum atomic E-state index is 13.5. The predicted molar refractivity (Wildman–Crippen MR) is 129 cm³/mol. The molecule has 6 heteroatoms. The summed E-state index contributed by atoms with van der Waals surface area (Å²) in [5, 5.41) is 3.94. The highest BCUT2D eigenvalue weighted by atomic mass is 35.5. The van der Waals surface area contributed by atoms with Gasteiger partial charge in [0.2, 0.25) is 11.8 Å². The molecular formula is C25H32Cl2N2O2. The number of hydrogen-bond donors (Lipinski definition) is 1. The van der Waals surface area contributed by atoms with Gasteiger partial charge in [0.15, 0.2) is 0 Å². The average molecular weight is 463 g/mol. The second kappa shape index (κ2) is 12.1. The molecule has 0 fully saturated rings. The van der Waals surface area contributed by atoms with E-state index in [0.29, 0.717) is 28.6 Å². The van der Waals surface area contributed by atoms with Crippen molar-refractivity contribution >= 4 is 35.0 Å². The highest BCUT2D eigenvalue weighted by Crippen LogP contribution is 2.27. The number of carbonyl (C=O) groups excluding carboxylic acids is 2. The molecule has 1 unspecified atom stereocenters. The number of nitrogens with one attached hydrogen (secondary N) is 1. The predicted octanol–water partition coefficient (Wildman–Crippen LogP) is 5.88. The molecule has 0 aliphatic carbocycles. The van der Waals surface area contributed by atoms with E-state index >= 15 is 0 Å². The minimum Gasteiger partial charge on any atom is -0.354 e. The van der Waals surface area contributed by atoms with Crippen LogP contribution in [0.1, 0.15) is 55.4 Å². The van der Waals surface area contributed by atoms with Crippen LogP contribution in [0, 0.1) is 13.8 Å². The zero-order valence-corrected chi connectivity index (χ0v) is 20.3. The Hall–Kier alpha value is -2.04. The van der Waals surface area contributed by atoms with Crippen molar-refractivity contribution in [2.45, 2.75) is 66.0 Å². The lowest BCUT2D eigenvalue weighted by molar-refractivity contribution is -0.140. The molecule has 2 rings (SSSR count). The third-order valence-electron chi connectivity index (χ3n) is 5.45. The van der Waals surface area contributed by atoms with Crippen LogP contribution in [0.5, 0.6) is 0 Å². The Morgan fingerprint density at radius 2 is 1.74 bits per heavy atom. The van der Waals surface area contributed by atoms with Crippen LogP contribution in [0.15, 0.2) is 36.4 Å². The van der Waals surface area contributed by atoms with E-state index in [-0.39, 0.29) is 24.8 Å². The summed E-state index contributed by atoms with van der Waals surface area (Å²) in [5.41, 5.74) is 3.76. The van der Waals surface area contributed by atoms with E-state index in [9.17, 15) is 9.59 Å². The van der Waals surface area contributed by atoms with Crippen molar-refractivity contribution in [3.63, 3.8) is 0 Å². The molecule has 2 amide bonds. The molecule has 0 aliphatic heterocycles. The normalized spacial score (nSPS) is 11.8. The van der Waals surface area contributed by atoms with Crippen LogP contribution in [-0.4, -0.2) is 29.3 Å². The van der Waals surface area contributed by atoms with Crippen molar-refractivity contribution in [1.82, 2.24) is 10.2 Å². The molecule has 1 N–H and O–H groups in total. The Labute approximate surface area is 195 Å². The second-order valence-electron chi connectivity index (χ2n) is 7.90. The van der Waals surface area contributed by atoms with Gasteiger partial charge >= 0.3 is 0 Å². The smallest absolute Gasteiger partial charge is 0.242 e. The average Bonchev–Trinajstić information content (AvgIpc) is 2.72. The van der Waals surface area contributed by atoms with Gasteiger partial charge in [-0.15, -0.1) is 0 Å². The Kier molecular flexibility index (Phi) is 9.86. The summed E-state index contributed by atoms with van der Waals surface area (Å²) < 4.78 is 0. The number of nitrogens with zero attached hydrogens (tertiary/aromatic N) is 1. The highest BCUT2D eigenvalue weighted by molar-refractivity contribution is 6.36. The van der Waals surface area contributed by atoms with Crippen LogP contribution >= 0.6 is 23.2 Å². The summed E-state index contributed by atoms with van der Waals surface area (Å²) in [6.45, 7) is 8.76. The van der Waals surface area contributed by atoms with E-state index in [1.165, 1.54) is 0 Å². The SMILES string of the molecule is CCCCNC(=O)C(CC)N(Cc1c(Cl)cccc1Cl)C(=O)Cc1cc(C)ccc1C. The zero-order valence-electron chi connectivity index (χ0n) is 18.8. The minimum atomic E-state index is -0.596. The van der Waals surface area contributed by atoms with Crippen molar-refractivity contribution in [1.29, 1.82) is 0 Å². The largest absolute Gasteiger partial charge is 0.354 e. The molecule has 0 heterocycles. The summed E-state index contributed by atoms with van der Waals surface area (Å²) in [7, 11) is 0. The lowest BCUT2D eigenvalue weighted by Gasteiger charge is -2.31. The molecule has 0 radical (unpaired) electrons. The third-order valence-corrected chi connectivity index (χ3v) is 6.16. The number of hydrogen-bond acceptors (Lipinski definition) is 2. The molecule has 2 aromatic carbocycles. The Balaban J connectivity index is 2.36. The number of benzene rings is 2. The Bertz CT molecular complexity index is 894. The third kappa shape index (κ3) is 6.98. The summed E-state index contributed by atoms with van der Waals surface area (Å²) >= 11 is 12.8. The maximum absolute atomic E-state index is 13.5. The van der Waals surface area contributed by atoms with Crippen LogP contribution in [0.4, 0.5) is 0 Å². The van der Waals surface area contributed by atoms with E-state index in [0.717, 1.165) is 29.5 Å². The molecule has 0 spiro atoms. The number of amides is 2. The first-order valence-electron chi connectivity index (χ1n) is 10.8. The van der Waals surface area contributed by atoms with E-state index in [4.69, 9.17) is 23.2 Å². The molecule has 0 saturated heterocycles. The van der Waals surface area contributed by atoms with Crippen LogP contribution in [0.2, 0.25) is 10.0 Å². The summed E-state index contributed by atoms with van der Waals surface area (Å²) in [6, 6.07) is 10.7. The van der Waals surface area contributed by atoms with E-state index in [1.807, 2.05) is 39.0 Å². The van der Waals surface area contributed by atoms with E-state index in [2.05, 4.69) is 12.2 Å². The van der Waals surface area contributed by atoms with Gasteiger partial charge < -0.3 is 10.2 Å². The molecule has 31 heavy (non-hydrogen) atoms. The van der Waals surface area contributed by atoms with Gasteiger partial charge in [0.05, 0.1) is 6.42 Å². The van der Waals surface area contributed by atoms with Gasteiger partial charge in [0.1, 0.15) is 6.04 Å². The topological polar surface area (TPSA) is 49.4 Å². The molecule has 0 aliphatic rings. The van der Waals surface area contributed by atoms with Gasteiger partial charge in [0, 0.05) is 28.7 Å². The lowest BCUT2D eigenvalue weighted by Crippen LogP contribution is -2.49. The summed E-state index contributed by atoms with van der Waals surface area (Å²) in [4.78, 5) is 28.1. The molecule has 1 atom stereocenters. The van der Waals surface area contributed by atoms with Gasteiger partial charge in [0.25, 0.3) is 0 Å². The fourth-order valence-electron chi connectivity index (χ4n) is 3.53. The highest BCUT2D eigenvalue weighted by Gasteiger charge is 2.29. The van der Waals surface area contributed by atoms with Gasteiger partial charge in [-0.1, -0.05) is 73.3 Å². The van der Waals surface area contributed by atoms with Crippen molar-refractivity contribution in [3.8, 4) is 0 Å². The van der Waals surface area contributed by atoms with Crippen molar-refractivity contribution in [3.05, 3.63) is 68.7 Å². The fourth-order valence-corrected chi connectivity index (χ4v) is 4.05. The van der Waals surface area contributed by atoms with Gasteiger partial charge in [-0.05, 0) is 49.9 Å². The van der Waals surface area contributed by atoms with Crippen molar-refractivity contribution < 1.29 is 9.59 Å². The molecule has 0 bridgehead atoms. The number of halogens is 2. The molecule has 4 nitrogen and oxygen atoms in total. The minimum absolute atomic E-state index is 0.123. The van der Waals surface area contributed by atoms with Gasteiger partial charge in [-0.2, -0.15) is 0 Å². The second-order valence-corrected chi connectivity index (χ2v) is 8.71. The monoisotopic (exact) mass is 462 g/mol. The van der Waals surface area contributed by atoms with Crippen LogP contribution in [-0.2, 0) is 22.6 Å². The molecule has 0 aromatic heterocycles. The maximum Gasteiger partial charge on any atom is 0.242 e. The zero-order chi connectivity index (χ0) is 23.0. The summed E-state index contributed by atoms with van der Waals surface area (Å²) in [6.07, 6.45) is 2.60. The van der Waals surface area contributed by atoms with E-state index in [1.54, 1.807) is 23.1 Å². The van der Waals surface area contributed by atoms with Gasteiger partial charge in [-0.25, -0.2) is 0 Å². The first kappa shape index (κ1) is 25.2. The summed E-state index contributed by atoms with van der Waals surface area (Å²) in [5.74, 6) is -0.268. The molecule has 2 aromatic rings. The molecule has 168 valence electrons. The standard InChI is InChI=1S/C25H32Cl2N2O2/c1-5-7-13-28-25(31)23(6-2)29(16-20-21(26)9-8-10-22(20)27)24(30)15-19-14-17(3)11-12-18(19)4/h8-12,14,23H,5-7,13,15-16H2,1-4H3,(H,28,31). The van der Waals surface area contributed by atoms with Crippen molar-refractivity contribution in [2.75, 3.05) is 6.54 Å². The van der Waals surface area contributed by atoms with Crippen LogP contribution in [0.3, 0.4) is 0 Å². The number of unbranched alkanes of at least 4 members (excludes halogenated alkanes) is 1. The molecule has 0 saturated carbocycles. The Morgan fingerprint density at radius 1 is 1.06 bits per heavy atom. The lowest BCUT2D eigenvalue weighted by atomic mass is 10.0. The van der Waals surface area contributed by atoms with Crippen LogP contribution in [0.25, 0.3) is 0 Å². The van der Waals surface area contributed by atoms with E-state index < -0.39 is 6.04 Å². The molecular weight excluding hydrogens is 431 g/mol. The Morgan fingerprint density at radius 3 is 2.35 bits per heavy atom. The first-order chi connectivity index (χ1) is 14.8. The van der Waals surface area contributed by atoms with Crippen molar-refractivity contribution in [2.24, 2.45) is 0 Å². The van der Waals surface area contributed by atoms with Crippen LogP contribution < -0.4 is 5.32 Å². The number of rotatable bonds is 10. The first-order valence-corrected chi connectivity index (χ1v) is 11.6. The number of carbonyl (C=O) groups is 2. The fraction of sp³-hybridized carbons (Fsp3) is 0.440.